The number of benzene rings is 1. The third kappa shape index (κ3) is 7.32. The molecule has 6 nitrogen and oxygen atoms in total. The molecule has 1 fully saturated rings. The summed E-state index contributed by atoms with van der Waals surface area (Å²) < 4.78 is 45.7. The highest BCUT2D eigenvalue weighted by molar-refractivity contribution is 5.94. The van der Waals surface area contributed by atoms with Gasteiger partial charge in [-0.25, -0.2) is 0 Å². The van der Waals surface area contributed by atoms with Gasteiger partial charge in [-0.2, -0.15) is 13.2 Å². The molecular formula is C19H23Cl2F3N4O2. The molecule has 166 valence electrons. The first-order chi connectivity index (χ1) is 13.4. The number of ether oxygens (including phenoxy) is 1. The third-order valence-corrected chi connectivity index (χ3v) is 4.41. The second kappa shape index (κ2) is 11.9. The number of alkyl halides is 3. The van der Waals surface area contributed by atoms with Gasteiger partial charge in [0.25, 0.3) is 5.91 Å². The van der Waals surface area contributed by atoms with Crippen molar-refractivity contribution in [2.45, 2.75) is 12.2 Å². The fourth-order valence-electron chi connectivity index (χ4n) is 2.95. The van der Waals surface area contributed by atoms with Crippen LogP contribution in [0.3, 0.4) is 0 Å². The van der Waals surface area contributed by atoms with E-state index < -0.39 is 24.7 Å². The van der Waals surface area contributed by atoms with Crippen molar-refractivity contribution in [2.75, 3.05) is 32.7 Å². The molecule has 1 aromatic carbocycles. The maximum absolute atomic E-state index is 13.4. The number of piperazine rings is 1. The first kappa shape index (κ1) is 26.0. The van der Waals surface area contributed by atoms with E-state index in [0.29, 0.717) is 37.7 Å². The summed E-state index contributed by atoms with van der Waals surface area (Å²) in [5.41, 5.74) is 0.264. The zero-order chi connectivity index (χ0) is 20.0. The molecule has 1 atom stereocenters. The fourth-order valence-corrected chi connectivity index (χ4v) is 2.95. The summed E-state index contributed by atoms with van der Waals surface area (Å²) >= 11 is 0. The van der Waals surface area contributed by atoms with Gasteiger partial charge < -0.3 is 15.4 Å². The Morgan fingerprint density at radius 3 is 2.37 bits per heavy atom. The summed E-state index contributed by atoms with van der Waals surface area (Å²) in [4.78, 5) is 17.6. The average Bonchev–Trinajstić information content (AvgIpc) is 2.69. The Morgan fingerprint density at radius 2 is 1.80 bits per heavy atom. The molecule has 1 aliphatic heterocycles. The van der Waals surface area contributed by atoms with E-state index >= 15 is 0 Å². The van der Waals surface area contributed by atoms with Gasteiger partial charge in [0.15, 0.2) is 0 Å². The van der Waals surface area contributed by atoms with Crippen LogP contribution in [-0.4, -0.2) is 60.7 Å². The summed E-state index contributed by atoms with van der Waals surface area (Å²) in [5, 5.41) is 5.42. The van der Waals surface area contributed by atoms with E-state index in [-0.39, 0.29) is 30.4 Å². The van der Waals surface area contributed by atoms with E-state index in [1.54, 1.807) is 36.7 Å². The molecule has 2 heterocycles. The van der Waals surface area contributed by atoms with Gasteiger partial charge in [-0.15, -0.1) is 24.8 Å². The molecule has 1 unspecified atom stereocenters. The van der Waals surface area contributed by atoms with Gasteiger partial charge in [-0.1, -0.05) is 0 Å². The number of carbonyl (C=O) groups is 1. The summed E-state index contributed by atoms with van der Waals surface area (Å²) in [6.45, 7) is 1.09. The molecule has 2 N–H and O–H groups in total. The van der Waals surface area contributed by atoms with Crippen molar-refractivity contribution >= 4 is 30.7 Å². The van der Waals surface area contributed by atoms with Crippen LogP contribution < -0.4 is 15.4 Å². The van der Waals surface area contributed by atoms with Crippen molar-refractivity contribution in [3.8, 4) is 11.5 Å². The van der Waals surface area contributed by atoms with E-state index in [2.05, 4.69) is 15.6 Å². The Morgan fingerprint density at radius 1 is 1.13 bits per heavy atom. The second-order valence-corrected chi connectivity index (χ2v) is 6.37. The molecule has 3 rings (SSSR count). The smallest absolute Gasteiger partial charge is 0.405 e. The molecule has 0 bridgehead atoms. The van der Waals surface area contributed by atoms with Gasteiger partial charge >= 0.3 is 6.18 Å². The molecule has 0 spiro atoms. The van der Waals surface area contributed by atoms with Gasteiger partial charge in [0.2, 0.25) is 0 Å². The summed E-state index contributed by atoms with van der Waals surface area (Å²) in [6, 6.07) is 7.95. The van der Waals surface area contributed by atoms with Crippen LogP contribution in [-0.2, 0) is 0 Å². The maximum Gasteiger partial charge on any atom is 0.405 e. The lowest BCUT2D eigenvalue weighted by atomic mass is 10.1. The van der Waals surface area contributed by atoms with Crippen LogP contribution in [0.25, 0.3) is 0 Å². The lowest BCUT2D eigenvalue weighted by Gasteiger charge is -2.35. The number of hydrogen-bond donors (Lipinski definition) is 2. The monoisotopic (exact) mass is 466 g/mol. The Hall–Kier alpha value is -2.07. The van der Waals surface area contributed by atoms with E-state index in [0.717, 1.165) is 0 Å². The predicted octanol–water partition coefficient (Wildman–Crippen LogP) is 3.28. The molecule has 1 aliphatic rings. The molecule has 0 aliphatic carbocycles. The number of hydrogen-bond acceptors (Lipinski definition) is 5. The van der Waals surface area contributed by atoms with Crippen molar-refractivity contribution in [1.82, 2.24) is 20.5 Å². The zero-order valence-electron chi connectivity index (χ0n) is 15.9. The standard InChI is InChI=1S/C19H21F3N4O2.2ClH/c20-19(21,22)17(26-10-8-23-9-11-26)13-25-18(27)14-3-5-15(6-4-14)28-16-2-1-7-24-12-16;;/h1-7,12,17,23H,8-11,13H2,(H,25,27);2*1H. The Kier molecular flexibility index (Phi) is 10.3. The number of nitrogens with one attached hydrogen (secondary N) is 2. The topological polar surface area (TPSA) is 66.5 Å². The molecule has 0 radical (unpaired) electrons. The maximum atomic E-state index is 13.4. The third-order valence-electron chi connectivity index (χ3n) is 4.41. The highest BCUT2D eigenvalue weighted by Gasteiger charge is 2.43. The van der Waals surface area contributed by atoms with E-state index in [4.69, 9.17) is 4.74 Å². The summed E-state index contributed by atoms with van der Waals surface area (Å²) in [7, 11) is 0. The van der Waals surface area contributed by atoms with Crippen molar-refractivity contribution in [1.29, 1.82) is 0 Å². The average molecular weight is 467 g/mol. The minimum absolute atomic E-state index is 0. The van der Waals surface area contributed by atoms with Crippen molar-refractivity contribution in [3.05, 3.63) is 54.4 Å². The van der Waals surface area contributed by atoms with E-state index in [1.165, 1.54) is 17.0 Å². The number of aromatic nitrogens is 1. The molecular weight excluding hydrogens is 444 g/mol. The highest BCUT2D eigenvalue weighted by atomic mass is 35.5. The summed E-state index contributed by atoms with van der Waals surface area (Å²) in [6.07, 6.45) is -1.24. The molecule has 1 aromatic heterocycles. The van der Waals surface area contributed by atoms with Crippen LogP contribution in [0.5, 0.6) is 11.5 Å². The Bertz CT molecular complexity index is 774. The lowest BCUT2D eigenvalue weighted by molar-refractivity contribution is -0.183. The quantitative estimate of drug-likeness (QED) is 0.683. The molecule has 30 heavy (non-hydrogen) atoms. The molecule has 1 saturated heterocycles. The number of halogens is 5. The molecule has 1 amide bonds. The normalized spacial score (nSPS) is 15.3. The fraction of sp³-hybridized carbons (Fsp3) is 0.368. The van der Waals surface area contributed by atoms with E-state index in [1.807, 2.05) is 0 Å². The van der Waals surface area contributed by atoms with Crippen molar-refractivity contribution < 1.29 is 22.7 Å². The van der Waals surface area contributed by atoms with Gasteiger partial charge in [0, 0.05) is 44.5 Å². The van der Waals surface area contributed by atoms with Gasteiger partial charge in [0.05, 0.1) is 6.20 Å². The number of carbonyl (C=O) groups excluding carboxylic acids is 1. The molecule has 11 heteroatoms. The van der Waals surface area contributed by atoms with Crippen molar-refractivity contribution in [3.63, 3.8) is 0 Å². The van der Waals surface area contributed by atoms with Crippen LogP contribution in [0.15, 0.2) is 48.8 Å². The van der Waals surface area contributed by atoms with Crippen LogP contribution in [0, 0.1) is 0 Å². The van der Waals surface area contributed by atoms with Crippen molar-refractivity contribution in [2.24, 2.45) is 0 Å². The van der Waals surface area contributed by atoms with Crippen LogP contribution >= 0.6 is 24.8 Å². The highest BCUT2D eigenvalue weighted by Crippen LogP contribution is 2.25. The molecule has 2 aromatic rings. The first-order valence-electron chi connectivity index (χ1n) is 8.91. The van der Waals surface area contributed by atoms with Gasteiger partial charge in [-0.3, -0.25) is 14.7 Å². The SMILES string of the molecule is Cl.Cl.O=C(NCC(N1CCNCC1)C(F)(F)F)c1ccc(Oc2cccnc2)cc1. The minimum Gasteiger partial charge on any atom is -0.456 e. The van der Waals surface area contributed by atoms with Gasteiger partial charge in [-0.05, 0) is 36.4 Å². The summed E-state index contributed by atoms with van der Waals surface area (Å²) in [5.74, 6) is 0.486. The molecule has 0 saturated carbocycles. The Balaban J connectivity index is 0.00000225. The minimum atomic E-state index is -4.41. The van der Waals surface area contributed by atoms with Gasteiger partial charge in [0.1, 0.15) is 17.5 Å². The zero-order valence-corrected chi connectivity index (χ0v) is 17.5. The van der Waals surface area contributed by atoms with Crippen LogP contribution in [0.4, 0.5) is 13.2 Å². The van der Waals surface area contributed by atoms with Crippen LogP contribution in [0.2, 0.25) is 0 Å². The van der Waals surface area contributed by atoms with E-state index in [9.17, 15) is 18.0 Å². The number of amides is 1. The second-order valence-electron chi connectivity index (χ2n) is 6.37. The number of rotatable bonds is 6. The largest absolute Gasteiger partial charge is 0.456 e. The Labute approximate surface area is 185 Å². The number of nitrogens with zero attached hydrogens (tertiary/aromatic N) is 2. The van der Waals surface area contributed by atoms with Crippen LogP contribution in [0.1, 0.15) is 10.4 Å². The predicted molar refractivity (Wildman–Crippen MR) is 112 cm³/mol. The number of pyridine rings is 1. The lowest BCUT2D eigenvalue weighted by Crippen LogP contribution is -2.57. The first-order valence-corrected chi connectivity index (χ1v) is 8.91.